The van der Waals surface area contributed by atoms with Crippen LogP contribution in [0.5, 0.6) is 5.88 Å². The molecule has 0 atom stereocenters. The van der Waals surface area contributed by atoms with Gasteiger partial charge in [-0.25, -0.2) is 9.48 Å². The van der Waals surface area contributed by atoms with Gasteiger partial charge in [0, 0.05) is 12.6 Å². The van der Waals surface area contributed by atoms with Gasteiger partial charge in [0.05, 0.1) is 30.5 Å². The number of aromatic carboxylic acids is 1. The summed E-state index contributed by atoms with van der Waals surface area (Å²) >= 11 is 0. The average Bonchev–Trinajstić information content (AvgIpc) is 2.87. The Kier molecular flexibility index (Phi) is 5.00. The maximum atomic E-state index is 12.2. The molecule has 0 bridgehead atoms. The number of aryl methyl sites for hydroxylation is 2. The van der Waals surface area contributed by atoms with Crippen LogP contribution in [0, 0.1) is 0 Å². The number of carbonyl (C=O) groups is 2. The first-order chi connectivity index (χ1) is 11.0. The Morgan fingerprint density at radius 3 is 2.65 bits per heavy atom. The third-order valence-electron chi connectivity index (χ3n) is 3.50. The van der Waals surface area contributed by atoms with Crippen molar-refractivity contribution in [3.63, 3.8) is 0 Å². The predicted octanol–water partition coefficient (Wildman–Crippen LogP) is 1.62. The molecule has 0 unspecified atom stereocenters. The molecule has 0 aliphatic rings. The fourth-order valence-corrected chi connectivity index (χ4v) is 2.39. The van der Waals surface area contributed by atoms with E-state index in [-0.39, 0.29) is 18.0 Å². The first-order valence-electron chi connectivity index (χ1n) is 7.18. The minimum absolute atomic E-state index is 0.0749. The Labute approximate surface area is 133 Å². The highest BCUT2D eigenvalue weighted by molar-refractivity contribution is 5.97. The quantitative estimate of drug-likeness (QED) is 0.844. The van der Waals surface area contributed by atoms with Gasteiger partial charge in [0.15, 0.2) is 0 Å². The second-order valence-corrected chi connectivity index (χ2v) is 4.98. The van der Waals surface area contributed by atoms with Crippen molar-refractivity contribution in [2.75, 3.05) is 7.11 Å². The van der Waals surface area contributed by atoms with E-state index in [9.17, 15) is 9.59 Å². The van der Waals surface area contributed by atoms with Gasteiger partial charge in [-0.1, -0.05) is 13.0 Å². The molecule has 0 radical (unpaired) electrons. The van der Waals surface area contributed by atoms with E-state index in [2.05, 4.69) is 10.4 Å². The topological polar surface area (TPSA) is 93.5 Å². The third-order valence-corrected chi connectivity index (χ3v) is 3.50. The normalized spacial score (nSPS) is 10.4. The molecule has 7 heteroatoms. The molecule has 0 aliphatic carbocycles. The summed E-state index contributed by atoms with van der Waals surface area (Å²) in [5, 5.41) is 16.1. The number of benzene rings is 1. The summed E-state index contributed by atoms with van der Waals surface area (Å²) < 4.78 is 6.95. The van der Waals surface area contributed by atoms with E-state index in [4.69, 9.17) is 9.84 Å². The lowest BCUT2D eigenvalue weighted by atomic mass is 10.1. The van der Waals surface area contributed by atoms with Crippen LogP contribution in [0.2, 0.25) is 0 Å². The molecule has 1 aromatic heterocycles. The van der Waals surface area contributed by atoms with Crippen molar-refractivity contribution >= 4 is 11.9 Å². The van der Waals surface area contributed by atoms with Gasteiger partial charge in [-0.15, -0.1) is 0 Å². The minimum atomic E-state index is -1.07. The number of carbonyl (C=O) groups excluding carboxylic acids is 1. The van der Waals surface area contributed by atoms with E-state index in [1.165, 1.54) is 12.1 Å². The Morgan fingerprint density at radius 1 is 1.35 bits per heavy atom. The zero-order chi connectivity index (χ0) is 17.0. The van der Waals surface area contributed by atoms with Crippen molar-refractivity contribution in [2.24, 2.45) is 7.05 Å². The van der Waals surface area contributed by atoms with Crippen LogP contribution in [-0.4, -0.2) is 33.9 Å². The number of ether oxygens (including phenoxy) is 1. The molecule has 7 nitrogen and oxygen atoms in total. The number of carboxylic acid groups (broad SMARTS) is 1. The van der Waals surface area contributed by atoms with Gasteiger partial charge in [-0.2, -0.15) is 5.10 Å². The first kappa shape index (κ1) is 16.5. The van der Waals surface area contributed by atoms with Crippen molar-refractivity contribution in [3.8, 4) is 5.88 Å². The molecule has 23 heavy (non-hydrogen) atoms. The molecule has 2 N–H and O–H groups in total. The van der Waals surface area contributed by atoms with Crippen molar-refractivity contribution in [1.29, 1.82) is 0 Å². The predicted molar refractivity (Wildman–Crippen MR) is 83.7 cm³/mol. The monoisotopic (exact) mass is 317 g/mol. The van der Waals surface area contributed by atoms with E-state index in [1.807, 2.05) is 6.92 Å². The number of hydrogen-bond acceptors (Lipinski definition) is 4. The van der Waals surface area contributed by atoms with Crippen LogP contribution < -0.4 is 10.1 Å². The summed E-state index contributed by atoms with van der Waals surface area (Å²) in [4.78, 5) is 23.2. The SMILES string of the molecule is CCc1nn(C)c(OC)c1CNC(=O)c1cccc(C(=O)O)c1. The second kappa shape index (κ2) is 6.95. The number of hydrogen-bond donors (Lipinski definition) is 2. The fraction of sp³-hybridized carbons (Fsp3) is 0.312. The van der Waals surface area contributed by atoms with Crippen LogP contribution in [0.4, 0.5) is 0 Å². The smallest absolute Gasteiger partial charge is 0.335 e. The molecule has 1 amide bonds. The van der Waals surface area contributed by atoms with Gasteiger partial charge in [0.25, 0.3) is 5.91 Å². The molecule has 0 saturated carbocycles. The van der Waals surface area contributed by atoms with Crippen molar-refractivity contribution in [2.45, 2.75) is 19.9 Å². The highest BCUT2D eigenvalue weighted by atomic mass is 16.5. The van der Waals surface area contributed by atoms with Crippen LogP contribution in [0.25, 0.3) is 0 Å². The summed E-state index contributed by atoms with van der Waals surface area (Å²) in [6, 6.07) is 5.90. The highest BCUT2D eigenvalue weighted by Gasteiger charge is 2.17. The Morgan fingerprint density at radius 2 is 2.04 bits per heavy atom. The van der Waals surface area contributed by atoms with E-state index in [0.29, 0.717) is 11.4 Å². The summed E-state index contributed by atoms with van der Waals surface area (Å²) in [6.07, 6.45) is 0.719. The maximum Gasteiger partial charge on any atom is 0.335 e. The van der Waals surface area contributed by atoms with Crippen molar-refractivity contribution in [3.05, 3.63) is 46.6 Å². The van der Waals surface area contributed by atoms with Crippen molar-refractivity contribution < 1.29 is 19.4 Å². The molecular formula is C16H19N3O4. The number of amides is 1. The van der Waals surface area contributed by atoms with Gasteiger partial charge < -0.3 is 15.2 Å². The van der Waals surface area contributed by atoms with Crippen molar-refractivity contribution in [1.82, 2.24) is 15.1 Å². The van der Waals surface area contributed by atoms with Crippen LogP contribution in [0.1, 0.15) is 38.9 Å². The summed E-state index contributed by atoms with van der Waals surface area (Å²) in [5.74, 6) is -0.815. The van der Waals surface area contributed by atoms with Gasteiger partial charge in [0.1, 0.15) is 0 Å². The molecule has 1 heterocycles. The lowest BCUT2D eigenvalue weighted by Gasteiger charge is -2.08. The molecule has 2 aromatic rings. The molecular weight excluding hydrogens is 298 g/mol. The van der Waals surface area contributed by atoms with Gasteiger partial charge in [0.2, 0.25) is 5.88 Å². The van der Waals surface area contributed by atoms with E-state index in [0.717, 1.165) is 17.7 Å². The van der Waals surface area contributed by atoms with Gasteiger partial charge >= 0.3 is 5.97 Å². The van der Waals surface area contributed by atoms with E-state index in [1.54, 1.807) is 31.0 Å². The molecule has 0 aliphatic heterocycles. The summed E-state index contributed by atoms with van der Waals surface area (Å²) in [7, 11) is 3.33. The van der Waals surface area contributed by atoms with E-state index < -0.39 is 5.97 Å². The molecule has 122 valence electrons. The van der Waals surface area contributed by atoms with Crippen LogP contribution in [0.3, 0.4) is 0 Å². The maximum absolute atomic E-state index is 12.2. The largest absolute Gasteiger partial charge is 0.481 e. The number of methoxy groups -OCH3 is 1. The minimum Gasteiger partial charge on any atom is -0.481 e. The third kappa shape index (κ3) is 3.50. The molecule has 0 spiro atoms. The highest BCUT2D eigenvalue weighted by Crippen LogP contribution is 2.21. The standard InChI is InChI=1S/C16H19N3O4/c1-4-13-12(15(23-3)19(2)18-13)9-17-14(20)10-6-5-7-11(8-10)16(21)22/h5-8H,4,9H2,1-3H3,(H,17,20)(H,21,22). The zero-order valence-corrected chi connectivity index (χ0v) is 13.3. The second-order valence-electron chi connectivity index (χ2n) is 4.98. The fourth-order valence-electron chi connectivity index (χ4n) is 2.39. The Balaban J connectivity index is 2.16. The number of aromatic nitrogens is 2. The first-order valence-corrected chi connectivity index (χ1v) is 7.18. The van der Waals surface area contributed by atoms with Crippen LogP contribution in [0.15, 0.2) is 24.3 Å². The molecule has 0 fully saturated rings. The number of nitrogens with zero attached hydrogens (tertiary/aromatic N) is 2. The van der Waals surface area contributed by atoms with Gasteiger partial charge in [-0.3, -0.25) is 4.79 Å². The average molecular weight is 317 g/mol. The Bertz CT molecular complexity index is 737. The molecule has 1 aromatic carbocycles. The number of nitrogens with one attached hydrogen (secondary N) is 1. The number of rotatable bonds is 6. The number of carboxylic acids is 1. The van der Waals surface area contributed by atoms with Gasteiger partial charge in [-0.05, 0) is 24.6 Å². The van der Waals surface area contributed by atoms with Crippen LogP contribution in [-0.2, 0) is 20.0 Å². The zero-order valence-electron chi connectivity index (χ0n) is 13.3. The summed E-state index contributed by atoms with van der Waals surface area (Å²) in [6.45, 7) is 2.24. The molecule has 2 rings (SSSR count). The van der Waals surface area contributed by atoms with Crippen LogP contribution >= 0.6 is 0 Å². The summed E-state index contributed by atoms with van der Waals surface area (Å²) in [5.41, 5.74) is 2.04. The van der Waals surface area contributed by atoms with E-state index >= 15 is 0 Å². The Hall–Kier alpha value is -2.83. The molecule has 0 saturated heterocycles. The lowest BCUT2D eigenvalue weighted by Crippen LogP contribution is -2.23. The lowest BCUT2D eigenvalue weighted by molar-refractivity contribution is 0.0697.